The number of hydrazone groups is 1. The first-order valence-corrected chi connectivity index (χ1v) is 8.31. The zero-order valence-electron chi connectivity index (χ0n) is 13.0. The molecule has 25 heavy (non-hydrogen) atoms. The van der Waals surface area contributed by atoms with Crippen LogP contribution in [-0.4, -0.2) is 38.0 Å². The number of carbonyl (C=O) groups excluding carboxylic acids is 1. The van der Waals surface area contributed by atoms with Gasteiger partial charge in [-0.25, -0.2) is 10.5 Å². The summed E-state index contributed by atoms with van der Waals surface area (Å²) in [5, 5.41) is 14.0. The molecule has 0 saturated heterocycles. The number of nitrogens with zero attached hydrogens (tertiary/aromatic N) is 4. The minimum absolute atomic E-state index is 0.128. The van der Waals surface area contributed by atoms with Crippen molar-refractivity contribution in [3.05, 3.63) is 54.2 Å². The van der Waals surface area contributed by atoms with Crippen molar-refractivity contribution in [2.75, 3.05) is 11.2 Å². The number of hydrogen-bond acceptors (Lipinski definition) is 8. The summed E-state index contributed by atoms with van der Waals surface area (Å²) >= 11 is 1.22. The number of pyridine rings is 1. The number of furan rings is 1. The fourth-order valence-corrected chi connectivity index (χ4v) is 2.39. The molecule has 0 saturated carbocycles. The molecule has 3 N–H and O–H groups in total. The predicted molar refractivity (Wildman–Crippen MR) is 93.1 cm³/mol. The number of nitrogens with one attached hydrogen (secondary N) is 3. The molecule has 3 aromatic heterocycles. The molecule has 3 heterocycles. The zero-order chi connectivity index (χ0) is 17.3. The first-order valence-electron chi connectivity index (χ1n) is 7.33. The smallest absolute Gasteiger partial charge is 0.240 e. The van der Waals surface area contributed by atoms with Gasteiger partial charge < -0.3 is 9.73 Å². The third-order valence-electron chi connectivity index (χ3n) is 2.93. The Labute approximate surface area is 147 Å². The monoisotopic (exact) mass is 357 g/mol. The summed E-state index contributed by atoms with van der Waals surface area (Å²) in [6.07, 6.45) is 6.57. The van der Waals surface area contributed by atoms with Crippen LogP contribution in [0.1, 0.15) is 11.3 Å². The second-order valence-electron chi connectivity index (χ2n) is 4.76. The number of aromatic nitrogens is 4. The van der Waals surface area contributed by atoms with Gasteiger partial charge in [-0.15, -0.1) is 5.10 Å². The van der Waals surface area contributed by atoms with E-state index in [1.54, 1.807) is 37.0 Å². The van der Waals surface area contributed by atoms with Crippen molar-refractivity contribution in [2.45, 2.75) is 11.7 Å². The average Bonchev–Trinajstić information content (AvgIpc) is 3.31. The van der Waals surface area contributed by atoms with Crippen LogP contribution in [0.4, 0.5) is 5.95 Å². The molecule has 0 fully saturated rings. The quantitative estimate of drug-likeness (QED) is 0.318. The lowest BCUT2D eigenvalue weighted by Gasteiger charge is -2.01. The van der Waals surface area contributed by atoms with Gasteiger partial charge in [0.2, 0.25) is 17.0 Å². The van der Waals surface area contributed by atoms with E-state index in [0.29, 0.717) is 23.4 Å². The van der Waals surface area contributed by atoms with E-state index in [1.807, 2.05) is 12.1 Å². The van der Waals surface area contributed by atoms with Crippen LogP contribution >= 0.6 is 11.8 Å². The maximum Gasteiger partial charge on any atom is 0.240 e. The standard InChI is InChI=1S/C15H15N7O2S/c23-13(17-9-12-2-1-7-24-12)10-25-15-19-14(21-22-15)20-18-8-11-3-5-16-6-4-11/h1-8H,9-10H2,(H,17,23)(H2,19,20,21,22)/b18-8+. The van der Waals surface area contributed by atoms with Crippen LogP contribution in [0.5, 0.6) is 0 Å². The highest BCUT2D eigenvalue weighted by Gasteiger charge is 2.07. The van der Waals surface area contributed by atoms with Crippen LogP contribution in [0.15, 0.2) is 57.6 Å². The molecule has 128 valence electrons. The minimum atomic E-state index is -0.128. The van der Waals surface area contributed by atoms with Gasteiger partial charge in [0.15, 0.2) is 0 Å². The highest BCUT2D eigenvalue weighted by atomic mass is 32.2. The van der Waals surface area contributed by atoms with Crippen LogP contribution in [0.3, 0.4) is 0 Å². The van der Waals surface area contributed by atoms with Gasteiger partial charge in [0, 0.05) is 12.4 Å². The van der Waals surface area contributed by atoms with Gasteiger partial charge >= 0.3 is 0 Å². The Kier molecular flexibility index (Phi) is 5.77. The maximum absolute atomic E-state index is 11.8. The molecule has 0 radical (unpaired) electrons. The molecule has 1 amide bonds. The van der Waals surface area contributed by atoms with E-state index in [2.05, 4.69) is 36.0 Å². The van der Waals surface area contributed by atoms with Crippen molar-refractivity contribution >= 4 is 29.8 Å². The number of rotatable bonds is 8. The van der Waals surface area contributed by atoms with Crippen molar-refractivity contribution in [1.29, 1.82) is 0 Å². The molecule has 0 aliphatic carbocycles. The Balaban J connectivity index is 1.40. The third kappa shape index (κ3) is 5.46. The largest absolute Gasteiger partial charge is 0.467 e. The summed E-state index contributed by atoms with van der Waals surface area (Å²) in [6, 6.07) is 7.23. The Morgan fingerprint density at radius 3 is 3.04 bits per heavy atom. The van der Waals surface area contributed by atoms with E-state index < -0.39 is 0 Å². The lowest BCUT2D eigenvalue weighted by atomic mass is 10.3. The van der Waals surface area contributed by atoms with E-state index in [4.69, 9.17) is 4.42 Å². The van der Waals surface area contributed by atoms with E-state index in [9.17, 15) is 4.79 Å². The van der Waals surface area contributed by atoms with Gasteiger partial charge in [-0.3, -0.25) is 9.78 Å². The Bertz CT molecular complexity index is 818. The van der Waals surface area contributed by atoms with Gasteiger partial charge in [0.05, 0.1) is 24.8 Å². The van der Waals surface area contributed by atoms with E-state index in [1.165, 1.54) is 11.8 Å². The van der Waals surface area contributed by atoms with Gasteiger partial charge in [0.25, 0.3) is 0 Å². The van der Waals surface area contributed by atoms with Crippen molar-refractivity contribution in [1.82, 2.24) is 25.5 Å². The summed E-state index contributed by atoms with van der Waals surface area (Å²) in [5.41, 5.74) is 3.65. The molecular weight excluding hydrogens is 342 g/mol. The molecule has 3 rings (SSSR count). The molecule has 0 bridgehead atoms. The number of anilines is 1. The lowest BCUT2D eigenvalue weighted by molar-refractivity contribution is -0.118. The third-order valence-corrected chi connectivity index (χ3v) is 3.77. The first-order chi connectivity index (χ1) is 12.3. The molecule has 9 nitrogen and oxygen atoms in total. The average molecular weight is 357 g/mol. The molecule has 3 aromatic rings. The predicted octanol–water partition coefficient (Wildman–Crippen LogP) is 1.65. The van der Waals surface area contributed by atoms with Gasteiger partial charge in [-0.2, -0.15) is 10.1 Å². The maximum atomic E-state index is 11.8. The van der Waals surface area contributed by atoms with Crippen LogP contribution in [0.25, 0.3) is 0 Å². The van der Waals surface area contributed by atoms with Crippen molar-refractivity contribution in [2.24, 2.45) is 5.10 Å². The molecule has 10 heteroatoms. The summed E-state index contributed by atoms with van der Waals surface area (Å²) in [5.74, 6) is 1.17. The number of amides is 1. The van der Waals surface area contributed by atoms with Crippen molar-refractivity contribution < 1.29 is 9.21 Å². The topological polar surface area (TPSA) is 121 Å². The van der Waals surface area contributed by atoms with Crippen molar-refractivity contribution in [3.8, 4) is 0 Å². The Hall–Kier alpha value is -3.14. The lowest BCUT2D eigenvalue weighted by Crippen LogP contribution is -2.24. The molecule has 0 atom stereocenters. The Morgan fingerprint density at radius 2 is 2.24 bits per heavy atom. The fourth-order valence-electron chi connectivity index (χ4n) is 1.76. The normalized spacial score (nSPS) is 10.9. The number of hydrogen-bond donors (Lipinski definition) is 3. The SMILES string of the molecule is O=C(CSc1n[nH]c(N/N=C/c2ccncc2)n1)NCc1ccco1. The number of thioether (sulfide) groups is 1. The molecular formula is C15H15N7O2S. The number of carbonyl (C=O) groups is 1. The second kappa shape index (κ2) is 8.64. The van der Waals surface area contributed by atoms with Crippen LogP contribution < -0.4 is 10.7 Å². The van der Waals surface area contributed by atoms with Crippen LogP contribution in [-0.2, 0) is 11.3 Å². The van der Waals surface area contributed by atoms with Gasteiger partial charge in [0.1, 0.15) is 5.76 Å². The summed E-state index contributed by atoms with van der Waals surface area (Å²) in [7, 11) is 0. The van der Waals surface area contributed by atoms with E-state index >= 15 is 0 Å². The first kappa shape index (κ1) is 16.7. The molecule has 0 aliphatic heterocycles. The van der Waals surface area contributed by atoms with E-state index in [-0.39, 0.29) is 11.7 Å². The molecule has 0 aromatic carbocycles. The summed E-state index contributed by atoms with van der Waals surface area (Å²) in [6.45, 7) is 0.358. The minimum Gasteiger partial charge on any atom is -0.467 e. The van der Waals surface area contributed by atoms with Crippen LogP contribution in [0.2, 0.25) is 0 Å². The zero-order valence-corrected chi connectivity index (χ0v) is 13.9. The van der Waals surface area contributed by atoms with Crippen molar-refractivity contribution in [3.63, 3.8) is 0 Å². The second-order valence-corrected chi connectivity index (χ2v) is 5.70. The Morgan fingerprint density at radius 1 is 1.36 bits per heavy atom. The summed E-state index contributed by atoms with van der Waals surface area (Å²) < 4.78 is 5.14. The highest BCUT2D eigenvalue weighted by molar-refractivity contribution is 7.99. The number of aromatic amines is 1. The molecule has 0 aliphatic rings. The van der Waals surface area contributed by atoms with Gasteiger partial charge in [-0.1, -0.05) is 11.8 Å². The fraction of sp³-hybridized carbons (Fsp3) is 0.133. The van der Waals surface area contributed by atoms with Gasteiger partial charge in [-0.05, 0) is 29.8 Å². The molecule has 0 spiro atoms. The van der Waals surface area contributed by atoms with Crippen LogP contribution in [0, 0.1) is 0 Å². The molecule has 0 unspecified atom stereocenters. The summed E-state index contributed by atoms with van der Waals surface area (Å²) in [4.78, 5) is 19.9. The number of H-pyrrole nitrogens is 1. The highest BCUT2D eigenvalue weighted by Crippen LogP contribution is 2.13. The van der Waals surface area contributed by atoms with E-state index in [0.717, 1.165) is 5.56 Å².